The van der Waals surface area contributed by atoms with Gasteiger partial charge in [0.15, 0.2) is 0 Å². The van der Waals surface area contributed by atoms with Gasteiger partial charge in [0.25, 0.3) is 5.91 Å². The summed E-state index contributed by atoms with van der Waals surface area (Å²) in [6.45, 7) is 7.85. The lowest BCUT2D eigenvalue weighted by atomic mass is 10.1. The first-order valence-corrected chi connectivity index (χ1v) is 8.60. The van der Waals surface area contributed by atoms with Gasteiger partial charge < -0.3 is 5.32 Å². The van der Waals surface area contributed by atoms with E-state index in [4.69, 9.17) is 0 Å². The van der Waals surface area contributed by atoms with E-state index in [2.05, 4.69) is 46.4 Å². The number of likely N-dealkylation sites (tertiary alicyclic amines) is 1. The highest BCUT2D eigenvalue weighted by Gasteiger charge is 2.23. The number of benzene rings is 1. The number of hydrogen-bond acceptors (Lipinski definition) is 3. The maximum atomic E-state index is 12.2. The molecule has 1 unspecified atom stereocenters. The third-order valence-electron chi connectivity index (χ3n) is 4.57. The summed E-state index contributed by atoms with van der Waals surface area (Å²) in [7, 11) is 0. The molecular weight excluding hydrogens is 298 g/mol. The van der Waals surface area contributed by atoms with E-state index >= 15 is 0 Å². The van der Waals surface area contributed by atoms with Gasteiger partial charge in [0, 0.05) is 25.3 Å². The molecule has 1 amide bonds. The predicted octanol–water partition coefficient (Wildman–Crippen LogP) is 2.95. The molecular formula is C20H25N3O. The van der Waals surface area contributed by atoms with E-state index in [0.717, 1.165) is 38.3 Å². The summed E-state index contributed by atoms with van der Waals surface area (Å²) in [5.41, 5.74) is 4.03. The highest BCUT2D eigenvalue weighted by atomic mass is 16.1. The zero-order valence-corrected chi connectivity index (χ0v) is 14.5. The third kappa shape index (κ3) is 4.42. The number of rotatable bonds is 5. The summed E-state index contributed by atoms with van der Waals surface area (Å²) in [6.07, 6.45) is 1.13. The van der Waals surface area contributed by atoms with Crippen LogP contribution in [-0.2, 0) is 6.54 Å². The number of carbonyl (C=O) groups is 1. The molecule has 0 radical (unpaired) electrons. The van der Waals surface area contributed by atoms with E-state index in [0.29, 0.717) is 11.6 Å². The molecule has 3 rings (SSSR count). The minimum absolute atomic E-state index is 0.0734. The van der Waals surface area contributed by atoms with Crippen LogP contribution < -0.4 is 5.32 Å². The first-order chi connectivity index (χ1) is 11.6. The SMILES string of the molecule is Cc1ccc(CN2CCC(CNC(=O)c3cccc(C)n3)C2)cc1. The summed E-state index contributed by atoms with van der Waals surface area (Å²) in [6, 6.07) is 14.3. The van der Waals surface area contributed by atoms with Crippen molar-refractivity contribution in [3.05, 3.63) is 65.0 Å². The Kier molecular flexibility index (Phi) is 5.26. The van der Waals surface area contributed by atoms with Gasteiger partial charge in [0.05, 0.1) is 0 Å². The molecule has 1 atom stereocenters. The van der Waals surface area contributed by atoms with Crippen LogP contribution in [0.1, 0.15) is 33.7 Å². The van der Waals surface area contributed by atoms with Gasteiger partial charge in [-0.2, -0.15) is 0 Å². The normalized spacial score (nSPS) is 17.8. The van der Waals surface area contributed by atoms with Crippen molar-refractivity contribution in [1.82, 2.24) is 15.2 Å². The van der Waals surface area contributed by atoms with E-state index in [-0.39, 0.29) is 5.91 Å². The molecule has 2 heterocycles. The van der Waals surface area contributed by atoms with Gasteiger partial charge in [0.2, 0.25) is 0 Å². The summed E-state index contributed by atoms with van der Waals surface area (Å²) in [5, 5.41) is 3.03. The minimum Gasteiger partial charge on any atom is -0.350 e. The van der Waals surface area contributed by atoms with Crippen LogP contribution in [-0.4, -0.2) is 35.4 Å². The first-order valence-electron chi connectivity index (χ1n) is 8.60. The zero-order chi connectivity index (χ0) is 16.9. The van der Waals surface area contributed by atoms with Crippen LogP contribution in [0.3, 0.4) is 0 Å². The molecule has 0 aliphatic carbocycles. The molecule has 1 aliphatic rings. The third-order valence-corrected chi connectivity index (χ3v) is 4.57. The lowest BCUT2D eigenvalue weighted by Crippen LogP contribution is -2.31. The number of aromatic nitrogens is 1. The van der Waals surface area contributed by atoms with Gasteiger partial charge >= 0.3 is 0 Å². The number of carbonyl (C=O) groups excluding carboxylic acids is 1. The lowest BCUT2D eigenvalue weighted by Gasteiger charge is -2.16. The van der Waals surface area contributed by atoms with Crippen molar-refractivity contribution >= 4 is 5.91 Å². The van der Waals surface area contributed by atoms with Gasteiger partial charge in [-0.3, -0.25) is 9.69 Å². The average Bonchev–Trinajstić information content (AvgIpc) is 3.02. The van der Waals surface area contributed by atoms with Crippen LogP contribution in [0.5, 0.6) is 0 Å². The summed E-state index contributed by atoms with van der Waals surface area (Å²) in [5.74, 6) is 0.444. The topological polar surface area (TPSA) is 45.2 Å². The number of amides is 1. The van der Waals surface area contributed by atoms with Crippen molar-refractivity contribution in [2.24, 2.45) is 5.92 Å². The zero-order valence-electron chi connectivity index (χ0n) is 14.5. The van der Waals surface area contributed by atoms with Crippen LogP contribution in [0.25, 0.3) is 0 Å². The molecule has 1 aromatic carbocycles. The number of nitrogens with zero attached hydrogens (tertiary/aromatic N) is 2. The van der Waals surface area contributed by atoms with Crippen LogP contribution in [0.4, 0.5) is 0 Å². The molecule has 0 spiro atoms. The second-order valence-electron chi connectivity index (χ2n) is 6.75. The number of hydrogen-bond donors (Lipinski definition) is 1. The second kappa shape index (κ2) is 7.58. The fourth-order valence-electron chi connectivity index (χ4n) is 3.17. The van der Waals surface area contributed by atoms with E-state index < -0.39 is 0 Å². The van der Waals surface area contributed by atoms with Gasteiger partial charge in [-0.25, -0.2) is 4.98 Å². The molecule has 1 fully saturated rings. The fourth-order valence-corrected chi connectivity index (χ4v) is 3.17. The van der Waals surface area contributed by atoms with Gasteiger partial charge in [-0.1, -0.05) is 35.9 Å². The van der Waals surface area contributed by atoms with E-state index in [1.165, 1.54) is 11.1 Å². The monoisotopic (exact) mass is 323 g/mol. The Morgan fingerprint density at radius 2 is 2.00 bits per heavy atom. The van der Waals surface area contributed by atoms with Crippen molar-refractivity contribution < 1.29 is 4.79 Å². The molecule has 2 aromatic rings. The molecule has 4 heteroatoms. The molecule has 0 bridgehead atoms. The van der Waals surface area contributed by atoms with E-state index in [1.54, 1.807) is 6.07 Å². The average molecular weight is 323 g/mol. The molecule has 126 valence electrons. The first kappa shape index (κ1) is 16.7. The Hall–Kier alpha value is -2.20. The van der Waals surface area contributed by atoms with Crippen molar-refractivity contribution in [2.75, 3.05) is 19.6 Å². The summed E-state index contributed by atoms with van der Waals surface area (Å²) >= 11 is 0. The number of aryl methyl sites for hydroxylation is 2. The molecule has 1 aromatic heterocycles. The fraction of sp³-hybridized carbons (Fsp3) is 0.400. The van der Waals surface area contributed by atoms with Crippen molar-refractivity contribution in [1.29, 1.82) is 0 Å². The molecule has 1 aliphatic heterocycles. The van der Waals surface area contributed by atoms with Gasteiger partial charge in [0.1, 0.15) is 5.69 Å². The molecule has 0 saturated carbocycles. The lowest BCUT2D eigenvalue weighted by molar-refractivity contribution is 0.0942. The predicted molar refractivity (Wildman–Crippen MR) is 95.9 cm³/mol. The van der Waals surface area contributed by atoms with Gasteiger partial charge in [-0.15, -0.1) is 0 Å². The second-order valence-corrected chi connectivity index (χ2v) is 6.75. The Morgan fingerprint density at radius 3 is 2.75 bits per heavy atom. The molecule has 4 nitrogen and oxygen atoms in total. The standard InChI is InChI=1S/C20H25N3O/c1-15-6-8-17(9-7-15)13-23-11-10-18(14-23)12-21-20(24)19-5-3-4-16(2)22-19/h3-9,18H,10-14H2,1-2H3,(H,21,24). The van der Waals surface area contributed by atoms with E-state index in [9.17, 15) is 4.79 Å². The Labute approximate surface area is 143 Å². The maximum absolute atomic E-state index is 12.2. The molecule has 1 N–H and O–H groups in total. The smallest absolute Gasteiger partial charge is 0.269 e. The van der Waals surface area contributed by atoms with Crippen LogP contribution >= 0.6 is 0 Å². The minimum atomic E-state index is -0.0734. The maximum Gasteiger partial charge on any atom is 0.269 e. The van der Waals surface area contributed by atoms with Gasteiger partial charge in [-0.05, 0) is 50.4 Å². The van der Waals surface area contributed by atoms with Crippen molar-refractivity contribution in [3.8, 4) is 0 Å². The Bertz CT molecular complexity index is 696. The van der Waals surface area contributed by atoms with Crippen LogP contribution in [0.2, 0.25) is 0 Å². The van der Waals surface area contributed by atoms with Crippen LogP contribution in [0, 0.1) is 19.8 Å². The summed E-state index contributed by atoms with van der Waals surface area (Å²) < 4.78 is 0. The van der Waals surface area contributed by atoms with E-state index in [1.807, 2.05) is 19.1 Å². The van der Waals surface area contributed by atoms with Crippen molar-refractivity contribution in [2.45, 2.75) is 26.8 Å². The number of nitrogens with one attached hydrogen (secondary N) is 1. The Balaban J connectivity index is 1.46. The largest absolute Gasteiger partial charge is 0.350 e. The van der Waals surface area contributed by atoms with Crippen molar-refractivity contribution in [3.63, 3.8) is 0 Å². The highest BCUT2D eigenvalue weighted by Crippen LogP contribution is 2.18. The molecule has 1 saturated heterocycles. The molecule has 24 heavy (non-hydrogen) atoms. The number of pyridine rings is 1. The quantitative estimate of drug-likeness (QED) is 0.920. The highest BCUT2D eigenvalue weighted by molar-refractivity contribution is 5.92. The van der Waals surface area contributed by atoms with Crippen LogP contribution in [0.15, 0.2) is 42.5 Å². The summed E-state index contributed by atoms with van der Waals surface area (Å²) in [4.78, 5) is 18.9. The Morgan fingerprint density at radius 1 is 1.21 bits per heavy atom.